The lowest BCUT2D eigenvalue weighted by Gasteiger charge is -2.13. The van der Waals surface area contributed by atoms with E-state index < -0.39 is 69.8 Å². The number of rotatable bonds is 16. The summed E-state index contributed by atoms with van der Waals surface area (Å²) in [6.45, 7) is 0. The maximum atomic E-state index is 13.6. The Labute approximate surface area is 396 Å². The normalized spacial score (nSPS) is 10.5. The molecule has 0 radical (unpaired) electrons. The third-order valence-electron chi connectivity index (χ3n) is 10.6. The highest BCUT2D eigenvalue weighted by Gasteiger charge is 2.26. The van der Waals surface area contributed by atoms with Crippen LogP contribution in [0.15, 0.2) is 146 Å². The van der Waals surface area contributed by atoms with Crippen molar-refractivity contribution in [3.05, 3.63) is 190 Å². The lowest BCUT2D eigenvalue weighted by Crippen LogP contribution is -2.24. The molecule has 0 aromatic heterocycles. The minimum absolute atomic E-state index is 0.114. The van der Waals surface area contributed by atoms with Crippen LogP contribution in [0.2, 0.25) is 0 Å². The van der Waals surface area contributed by atoms with Crippen LogP contribution in [0.3, 0.4) is 0 Å². The SMILES string of the molecule is CNC(=O)c1cc(-c2ccc(C(=O)O)c(C(=O)Nc3cccc(Oc4ccc(-c5ccc(Oc6cccc(NC(=O)c7cc(C(=O)NC)c(C(=O)O)cc7C(=O)O)c6)cc5)cc4)c3)c2)ccc1C(=O)O. The zero-order valence-electron chi connectivity index (χ0n) is 36.7. The first-order valence-corrected chi connectivity index (χ1v) is 20.8. The number of ether oxygens (including phenoxy) is 2. The Morgan fingerprint density at radius 2 is 0.657 bits per heavy atom. The average molecular weight is 943 g/mol. The summed E-state index contributed by atoms with van der Waals surface area (Å²) >= 11 is 0. The standard InChI is InChI=1S/C52H38N4O14/c1-53-45(57)39-21-29(13-19-37(39)49(61)62)30-14-20-38(50(63)64)40(22-30)47(59)55-31-5-3-7-35(23-31)69-33-15-9-27(10-16-33)28-11-17-34(18-12-28)70-36-8-4-6-32(24-36)56-48(60)42-25-41(46(58)54-2)43(51(65)66)26-44(42)52(67)68/h3-26H,1-2H3,(H,53,57)(H,54,58)(H,55,59)(H,56,60)(H,61,62)(H,63,64)(H,65,66)(H,67,68). The molecule has 0 aliphatic rings. The van der Waals surface area contributed by atoms with Crippen LogP contribution >= 0.6 is 0 Å². The molecule has 7 aromatic carbocycles. The Morgan fingerprint density at radius 3 is 1.03 bits per heavy atom. The van der Waals surface area contributed by atoms with Gasteiger partial charge in [-0.05, 0) is 107 Å². The predicted octanol–water partition coefficient (Wildman–Crippen LogP) is 8.62. The van der Waals surface area contributed by atoms with E-state index >= 15 is 0 Å². The number of carbonyl (C=O) groups is 8. The lowest BCUT2D eigenvalue weighted by molar-refractivity contribution is 0.0677. The molecule has 0 aliphatic carbocycles. The van der Waals surface area contributed by atoms with Gasteiger partial charge < -0.3 is 51.2 Å². The quantitative estimate of drug-likeness (QED) is 0.0450. The van der Waals surface area contributed by atoms with Crippen molar-refractivity contribution < 1.29 is 68.3 Å². The number of carbonyl (C=O) groups excluding carboxylic acids is 4. The molecular weight excluding hydrogens is 905 g/mol. The number of benzene rings is 7. The van der Waals surface area contributed by atoms with Gasteiger partial charge in [-0.2, -0.15) is 0 Å². The van der Waals surface area contributed by atoms with Crippen LogP contribution < -0.4 is 30.7 Å². The van der Waals surface area contributed by atoms with E-state index in [-0.39, 0.29) is 27.9 Å². The van der Waals surface area contributed by atoms with Crippen LogP contribution in [-0.2, 0) is 0 Å². The van der Waals surface area contributed by atoms with E-state index in [4.69, 9.17) is 9.47 Å². The molecule has 0 saturated carbocycles. The molecule has 0 saturated heterocycles. The van der Waals surface area contributed by atoms with Crippen LogP contribution in [0.4, 0.5) is 11.4 Å². The number of carboxylic acid groups (broad SMARTS) is 4. The molecule has 8 N–H and O–H groups in total. The van der Waals surface area contributed by atoms with Gasteiger partial charge in [-0.3, -0.25) is 19.2 Å². The summed E-state index contributed by atoms with van der Waals surface area (Å²) in [5.41, 5.74) is 0.0833. The molecule has 0 bridgehead atoms. The minimum atomic E-state index is -1.57. The number of hydrogen-bond acceptors (Lipinski definition) is 10. The molecule has 0 fully saturated rings. The van der Waals surface area contributed by atoms with Gasteiger partial charge in [0.2, 0.25) is 0 Å². The van der Waals surface area contributed by atoms with Crippen LogP contribution in [0.25, 0.3) is 22.3 Å². The number of carboxylic acids is 4. The fraction of sp³-hybridized carbons (Fsp3) is 0.0385. The van der Waals surface area contributed by atoms with Gasteiger partial charge in [-0.15, -0.1) is 0 Å². The third-order valence-corrected chi connectivity index (χ3v) is 10.6. The van der Waals surface area contributed by atoms with E-state index in [2.05, 4.69) is 21.3 Å². The number of amides is 4. The molecular formula is C52H38N4O14. The Hall–Kier alpha value is -10.1. The summed E-state index contributed by atoms with van der Waals surface area (Å²) < 4.78 is 12.1. The Balaban J connectivity index is 0.998. The molecule has 18 nitrogen and oxygen atoms in total. The highest BCUT2D eigenvalue weighted by molar-refractivity contribution is 6.15. The van der Waals surface area contributed by atoms with Crippen LogP contribution in [-0.4, -0.2) is 82.0 Å². The van der Waals surface area contributed by atoms with Gasteiger partial charge in [0, 0.05) is 37.6 Å². The monoisotopic (exact) mass is 942 g/mol. The topological polar surface area (TPSA) is 284 Å². The Bertz CT molecular complexity index is 3280. The molecule has 4 amide bonds. The zero-order valence-corrected chi connectivity index (χ0v) is 36.7. The molecule has 0 heterocycles. The Morgan fingerprint density at radius 1 is 0.329 bits per heavy atom. The van der Waals surface area contributed by atoms with Crippen molar-refractivity contribution in [2.24, 2.45) is 0 Å². The minimum Gasteiger partial charge on any atom is -0.478 e. The zero-order chi connectivity index (χ0) is 50.2. The summed E-state index contributed by atoms with van der Waals surface area (Å²) in [4.78, 5) is 99.4. The molecule has 0 spiro atoms. The molecule has 0 unspecified atom stereocenters. The van der Waals surface area contributed by atoms with Crippen molar-refractivity contribution in [1.29, 1.82) is 0 Å². The van der Waals surface area contributed by atoms with Crippen molar-refractivity contribution >= 4 is 58.9 Å². The van der Waals surface area contributed by atoms with E-state index in [1.54, 1.807) is 60.7 Å². The van der Waals surface area contributed by atoms with Crippen molar-refractivity contribution in [2.75, 3.05) is 24.7 Å². The highest BCUT2D eigenvalue weighted by Crippen LogP contribution is 2.32. The molecule has 7 aromatic rings. The summed E-state index contributed by atoms with van der Waals surface area (Å²) in [5, 5.41) is 48.7. The molecule has 70 heavy (non-hydrogen) atoms. The van der Waals surface area contributed by atoms with E-state index in [1.165, 1.54) is 62.6 Å². The van der Waals surface area contributed by atoms with Crippen molar-refractivity contribution in [1.82, 2.24) is 10.6 Å². The van der Waals surface area contributed by atoms with Gasteiger partial charge in [0.1, 0.15) is 23.0 Å². The van der Waals surface area contributed by atoms with Crippen molar-refractivity contribution in [2.45, 2.75) is 0 Å². The van der Waals surface area contributed by atoms with Gasteiger partial charge in [0.15, 0.2) is 0 Å². The second kappa shape index (κ2) is 20.6. The fourth-order valence-electron chi connectivity index (χ4n) is 7.17. The number of hydrogen-bond donors (Lipinski definition) is 8. The molecule has 18 heteroatoms. The van der Waals surface area contributed by atoms with E-state index in [1.807, 2.05) is 24.3 Å². The summed E-state index contributed by atoms with van der Waals surface area (Å²) in [5.74, 6) is -7.29. The van der Waals surface area contributed by atoms with Crippen molar-refractivity contribution in [3.8, 4) is 45.3 Å². The second-order valence-corrected chi connectivity index (χ2v) is 15.1. The number of nitrogens with one attached hydrogen (secondary N) is 4. The van der Waals surface area contributed by atoms with Gasteiger partial charge >= 0.3 is 23.9 Å². The number of anilines is 2. The average Bonchev–Trinajstić information content (AvgIpc) is 3.35. The molecule has 0 atom stereocenters. The van der Waals surface area contributed by atoms with E-state index in [0.717, 1.165) is 23.3 Å². The van der Waals surface area contributed by atoms with Gasteiger partial charge in [0.05, 0.1) is 44.5 Å². The molecule has 7 rings (SSSR count). The third kappa shape index (κ3) is 10.8. The van der Waals surface area contributed by atoms with Crippen LogP contribution in [0, 0.1) is 0 Å². The first kappa shape index (κ1) is 47.9. The van der Waals surface area contributed by atoms with E-state index in [9.17, 15) is 58.8 Å². The van der Waals surface area contributed by atoms with Gasteiger partial charge in [-0.1, -0.05) is 48.5 Å². The summed E-state index contributed by atoms with van der Waals surface area (Å²) in [7, 11) is 2.62. The van der Waals surface area contributed by atoms with Gasteiger partial charge in [-0.25, -0.2) is 19.2 Å². The first-order chi connectivity index (χ1) is 33.5. The lowest BCUT2D eigenvalue weighted by atomic mass is 9.95. The largest absolute Gasteiger partial charge is 0.478 e. The highest BCUT2D eigenvalue weighted by atomic mass is 16.5. The summed E-state index contributed by atoms with van der Waals surface area (Å²) in [6, 6.07) is 36.7. The molecule has 0 aliphatic heterocycles. The van der Waals surface area contributed by atoms with Gasteiger partial charge in [0.25, 0.3) is 23.6 Å². The van der Waals surface area contributed by atoms with E-state index in [0.29, 0.717) is 39.8 Å². The van der Waals surface area contributed by atoms with Crippen molar-refractivity contribution in [3.63, 3.8) is 0 Å². The maximum Gasteiger partial charge on any atom is 0.336 e. The second-order valence-electron chi connectivity index (χ2n) is 15.1. The maximum absolute atomic E-state index is 13.6. The fourth-order valence-corrected chi connectivity index (χ4v) is 7.17. The Kier molecular flexibility index (Phi) is 14.1. The predicted molar refractivity (Wildman–Crippen MR) is 254 cm³/mol. The first-order valence-electron chi connectivity index (χ1n) is 20.8. The number of aromatic carboxylic acids is 4. The smallest absolute Gasteiger partial charge is 0.336 e. The van der Waals surface area contributed by atoms with Crippen LogP contribution in [0.5, 0.6) is 23.0 Å². The molecule has 350 valence electrons. The summed E-state index contributed by atoms with van der Waals surface area (Å²) in [6.07, 6.45) is 0. The van der Waals surface area contributed by atoms with Crippen LogP contribution in [0.1, 0.15) is 82.9 Å².